The Morgan fingerprint density at radius 2 is 1.20 bits per heavy atom. The third-order valence-electron chi connectivity index (χ3n) is 5.75. The maximum atomic E-state index is 10.9. The lowest BCUT2D eigenvalue weighted by Gasteiger charge is -2.26. The lowest BCUT2D eigenvalue weighted by Crippen LogP contribution is -2.31. The summed E-state index contributed by atoms with van der Waals surface area (Å²) in [5, 5.41) is 12.0. The summed E-state index contributed by atoms with van der Waals surface area (Å²) in [6.07, 6.45) is 15.1. The van der Waals surface area contributed by atoms with E-state index in [0.29, 0.717) is 16.6 Å². The van der Waals surface area contributed by atoms with Crippen molar-refractivity contribution in [3.63, 3.8) is 0 Å². The average Bonchev–Trinajstić information content (AvgIpc) is 2.69. The zero-order valence-electron chi connectivity index (χ0n) is 19.4. The number of nitrogens with zero attached hydrogens (tertiary/aromatic N) is 1. The van der Waals surface area contributed by atoms with Gasteiger partial charge in [-0.3, -0.25) is 0 Å². The Hall–Kier alpha value is 0.01000. The SMILES string of the molecule is CCCCCCCCN(CCCCCCCC)CC(O)c1cc(Cl)c(Cl)cc1C.Cl. The smallest absolute Gasteiger partial charge is 0.0920 e. The number of halogens is 3. The lowest BCUT2D eigenvalue weighted by molar-refractivity contribution is 0.110. The van der Waals surface area contributed by atoms with Gasteiger partial charge in [0.2, 0.25) is 0 Å². The van der Waals surface area contributed by atoms with E-state index in [4.69, 9.17) is 23.2 Å². The van der Waals surface area contributed by atoms with E-state index in [9.17, 15) is 5.11 Å². The molecule has 0 spiro atoms. The lowest BCUT2D eigenvalue weighted by atomic mass is 10.0. The summed E-state index contributed by atoms with van der Waals surface area (Å²) in [6, 6.07) is 3.69. The normalized spacial score (nSPS) is 12.2. The maximum absolute atomic E-state index is 10.9. The van der Waals surface area contributed by atoms with Crippen molar-refractivity contribution in [2.75, 3.05) is 19.6 Å². The summed E-state index contributed by atoms with van der Waals surface area (Å²) in [7, 11) is 0. The van der Waals surface area contributed by atoms with E-state index >= 15 is 0 Å². The van der Waals surface area contributed by atoms with Crippen molar-refractivity contribution in [2.45, 2.75) is 104 Å². The molecule has 176 valence electrons. The minimum Gasteiger partial charge on any atom is -0.387 e. The molecule has 0 aromatic heterocycles. The van der Waals surface area contributed by atoms with Gasteiger partial charge >= 0.3 is 0 Å². The van der Waals surface area contributed by atoms with Crippen molar-refractivity contribution in [3.05, 3.63) is 33.3 Å². The van der Waals surface area contributed by atoms with Crippen LogP contribution in [-0.4, -0.2) is 29.6 Å². The van der Waals surface area contributed by atoms with Crippen LogP contribution in [0.3, 0.4) is 0 Å². The van der Waals surface area contributed by atoms with Gasteiger partial charge in [0, 0.05) is 6.54 Å². The Morgan fingerprint density at radius 3 is 1.70 bits per heavy atom. The Bertz CT molecular complexity index is 537. The molecule has 0 saturated carbocycles. The summed E-state index contributed by atoms with van der Waals surface area (Å²) in [5.41, 5.74) is 1.90. The molecule has 1 N–H and O–H groups in total. The minimum atomic E-state index is -0.523. The standard InChI is InChI=1S/C25H43Cl2NO.ClH/c1-4-6-8-10-12-14-16-28(17-15-13-11-9-7-5-2)20-25(29)22-19-24(27)23(26)18-21(22)3;/h18-19,25,29H,4-17,20H2,1-3H3;1H. The highest BCUT2D eigenvalue weighted by Gasteiger charge is 2.17. The molecule has 0 aliphatic carbocycles. The van der Waals surface area contributed by atoms with Gasteiger partial charge < -0.3 is 10.0 Å². The van der Waals surface area contributed by atoms with Crippen molar-refractivity contribution >= 4 is 35.6 Å². The summed E-state index contributed by atoms with van der Waals surface area (Å²) in [6.45, 7) is 9.32. The van der Waals surface area contributed by atoms with E-state index in [1.807, 2.05) is 19.1 Å². The summed E-state index contributed by atoms with van der Waals surface area (Å²) >= 11 is 12.3. The molecule has 1 unspecified atom stereocenters. The number of aliphatic hydroxyl groups is 1. The Morgan fingerprint density at radius 1 is 0.767 bits per heavy atom. The fourth-order valence-corrected chi connectivity index (χ4v) is 4.28. The monoisotopic (exact) mass is 479 g/mol. The van der Waals surface area contributed by atoms with E-state index in [0.717, 1.165) is 24.2 Å². The topological polar surface area (TPSA) is 23.5 Å². The van der Waals surface area contributed by atoms with Gasteiger partial charge in [0.05, 0.1) is 16.1 Å². The van der Waals surface area contributed by atoms with Crippen LogP contribution in [0.4, 0.5) is 0 Å². The van der Waals surface area contributed by atoms with E-state index < -0.39 is 6.10 Å². The van der Waals surface area contributed by atoms with Crippen LogP contribution in [0.15, 0.2) is 12.1 Å². The van der Waals surface area contributed by atoms with Crippen LogP contribution < -0.4 is 0 Å². The van der Waals surface area contributed by atoms with Crippen molar-refractivity contribution < 1.29 is 5.11 Å². The molecule has 5 heteroatoms. The van der Waals surface area contributed by atoms with Crippen LogP contribution in [0, 0.1) is 6.92 Å². The zero-order valence-corrected chi connectivity index (χ0v) is 21.7. The minimum absolute atomic E-state index is 0. The predicted molar refractivity (Wildman–Crippen MR) is 137 cm³/mol. The number of benzene rings is 1. The van der Waals surface area contributed by atoms with Crippen molar-refractivity contribution in [1.82, 2.24) is 4.90 Å². The molecule has 0 aliphatic heterocycles. The fraction of sp³-hybridized carbons (Fsp3) is 0.760. The Balaban J connectivity index is 0.00000841. The molecule has 0 aliphatic rings. The van der Waals surface area contributed by atoms with Crippen molar-refractivity contribution in [2.24, 2.45) is 0 Å². The van der Waals surface area contributed by atoms with Gasteiger partial charge in [0.15, 0.2) is 0 Å². The predicted octanol–water partition coefficient (Wildman–Crippen LogP) is 8.78. The first-order valence-corrected chi connectivity index (χ1v) is 12.6. The van der Waals surface area contributed by atoms with Crippen LogP contribution in [0.25, 0.3) is 0 Å². The molecule has 0 saturated heterocycles. The molecule has 1 aromatic rings. The third kappa shape index (κ3) is 12.8. The number of rotatable bonds is 17. The molecular formula is C25H44Cl3NO. The Kier molecular flexibility index (Phi) is 18.6. The molecule has 0 fully saturated rings. The maximum Gasteiger partial charge on any atom is 0.0920 e. The van der Waals surface area contributed by atoms with Gasteiger partial charge in [-0.15, -0.1) is 12.4 Å². The molecule has 2 nitrogen and oxygen atoms in total. The van der Waals surface area contributed by atoms with Gasteiger partial charge in [0.1, 0.15) is 0 Å². The van der Waals surface area contributed by atoms with Crippen molar-refractivity contribution in [1.29, 1.82) is 0 Å². The number of aryl methyl sites for hydroxylation is 1. The molecule has 1 atom stereocenters. The van der Waals surface area contributed by atoms with Crippen molar-refractivity contribution in [3.8, 4) is 0 Å². The van der Waals surface area contributed by atoms with Crippen LogP contribution in [0.5, 0.6) is 0 Å². The highest BCUT2D eigenvalue weighted by atomic mass is 35.5. The third-order valence-corrected chi connectivity index (χ3v) is 6.48. The van der Waals surface area contributed by atoms with Gasteiger partial charge in [-0.25, -0.2) is 0 Å². The Labute approximate surface area is 202 Å². The van der Waals surface area contributed by atoms with Crippen LogP contribution >= 0.6 is 35.6 Å². The van der Waals surface area contributed by atoms with Gasteiger partial charge in [-0.05, 0) is 56.1 Å². The number of aliphatic hydroxyl groups excluding tert-OH is 1. The molecule has 30 heavy (non-hydrogen) atoms. The second kappa shape index (κ2) is 18.6. The number of unbranched alkanes of at least 4 members (excludes halogenated alkanes) is 10. The molecule has 0 amide bonds. The quantitative estimate of drug-likeness (QED) is 0.225. The molecule has 0 radical (unpaired) electrons. The van der Waals surface area contributed by atoms with E-state index in [-0.39, 0.29) is 12.4 Å². The van der Waals surface area contributed by atoms with Gasteiger partial charge in [-0.1, -0.05) is 101 Å². The molecule has 1 aromatic carbocycles. The first-order chi connectivity index (χ1) is 14.0. The van der Waals surface area contributed by atoms with Gasteiger partial charge in [-0.2, -0.15) is 0 Å². The summed E-state index contributed by atoms with van der Waals surface area (Å²) < 4.78 is 0. The summed E-state index contributed by atoms with van der Waals surface area (Å²) in [5.74, 6) is 0. The van der Waals surface area contributed by atoms with Gasteiger partial charge in [0.25, 0.3) is 0 Å². The highest BCUT2D eigenvalue weighted by Crippen LogP contribution is 2.29. The summed E-state index contributed by atoms with van der Waals surface area (Å²) in [4.78, 5) is 2.45. The van der Waals surface area contributed by atoms with Crippen LogP contribution in [-0.2, 0) is 0 Å². The van der Waals surface area contributed by atoms with E-state index in [1.54, 1.807) is 0 Å². The number of hydrogen-bond acceptors (Lipinski definition) is 2. The van der Waals surface area contributed by atoms with E-state index in [1.165, 1.54) is 77.0 Å². The second-order valence-electron chi connectivity index (χ2n) is 8.47. The largest absolute Gasteiger partial charge is 0.387 e. The zero-order chi connectivity index (χ0) is 21.5. The number of hydrogen-bond donors (Lipinski definition) is 1. The molecule has 0 heterocycles. The second-order valence-corrected chi connectivity index (χ2v) is 9.29. The first kappa shape index (κ1) is 30.0. The molecule has 1 rings (SSSR count). The van der Waals surface area contributed by atoms with E-state index in [2.05, 4.69) is 18.7 Å². The molecular weight excluding hydrogens is 437 g/mol. The molecule has 0 bridgehead atoms. The first-order valence-electron chi connectivity index (χ1n) is 11.9. The fourth-order valence-electron chi connectivity index (χ4n) is 3.89. The van der Waals surface area contributed by atoms with Crippen LogP contribution in [0.1, 0.15) is 108 Å². The van der Waals surface area contributed by atoms with Crippen LogP contribution in [0.2, 0.25) is 10.0 Å². The average molecular weight is 481 g/mol. The highest BCUT2D eigenvalue weighted by molar-refractivity contribution is 6.42.